The van der Waals surface area contributed by atoms with E-state index in [2.05, 4.69) is 15.5 Å². The quantitative estimate of drug-likeness (QED) is 0.661. The number of hydrogen-bond acceptors (Lipinski definition) is 4. The molecule has 3 fully saturated rings. The van der Waals surface area contributed by atoms with Crippen molar-refractivity contribution in [2.24, 2.45) is 5.92 Å². The summed E-state index contributed by atoms with van der Waals surface area (Å²) >= 11 is 0. The van der Waals surface area contributed by atoms with E-state index in [4.69, 9.17) is 4.52 Å². The van der Waals surface area contributed by atoms with Crippen LogP contribution in [-0.4, -0.2) is 16.7 Å². The van der Waals surface area contributed by atoms with Gasteiger partial charge in [-0.2, -0.15) is 4.98 Å². The van der Waals surface area contributed by atoms with Crippen molar-refractivity contribution in [1.82, 2.24) is 15.5 Å². The molecule has 0 amide bonds. The zero-order chi connectivity index (χ0) is 8.18. The Bertz CT molecular complexity index is 308. The van der Waals surface area contributed by atoms with Gasteiger partial charge in [0.25, 0.3) is 0 Å². The standard InChI is InChI=1S/C8H11N3O/c1-5-10-7(12-11-5)8-2-6(3-8)4-9-8/h6,9H,2-4H2,1H3. The Balaban J connectivity index is 1.98. The first-order chi connectivity index (χ1) is 5.78. The van der Waals surface area contributed by atoms with Crippen LogP contribution in [0.1, 0.15) is 24.6 Å². The van der Waals surface area contributed by atoms with Crippen molar-refractivity contribution in [3.05, 3.63) is 11.7 Å². The minimum atomic E-state index is 0.0614. The molecule has 1 saturated carbocycles. The first-order valence-electron chi connectivity index (χ1n) is 4.34. The maximum absolute atomic E-state index is 5.17. The normalized spacial score (nSPS) is 38.2. The van der Waals surface area contributed by atoms with Gasteiger partial charge in [0, 0.05) is 0 Å². The van der Waals surface area contributed by atoms with Crippen LogP contribution in [0.25, 0.3) is 0 Å². The predicted octanol–water partition coefficient (Wildman–Crippen LogP) is 0.587. The van der Waals surface area contributed by atoms with E-state index in [1.54, 1.807) is 0 Å². The summed E-state index contributed by atoms with van der Waals surface area (Å²) in [6.45, 7) is 2.97. The number of fused-ring (bicyclic) bond motifs is 1. The van der Waals surface area contributed by atoms with Crippen LogP contribution in [0.5, 0.6) is 0 Å². The second-order valence-electron chi connectivity index (χ2n) is 3.88. The summed E-state index contributed by atoms with van der Waals surface area (Å²) in [5.74, 6) is 2.36. The molecule has 4 heteroatoms. The number of aromatic nitrogens is 2. The Kier molecular flexibility index (Phi) is 1.03. The van der Waals surface area contributed by atoms with Crippen LogP contribution in [0.15, 0.2) is 4.52 Å². The molecule has 1 N–H and O–H groups in total. The lowest BCUT2D eigenvalue weighted by molar-refractivity contribution is 0.166. The highest BCUT2D eigenvalue weighted by Gasteiger charge is 2.54. The van der Waals surface area contributed by atoms with Crippen molar-refractivity contribution in [2.75, 3.05) is 6.54 Å². The van der Waals surface area contributed by atoms with Gasteiger partial charge in [-0.05, 0) is 32.2 Å². The molecule has 0 unspecified atom stereocenters. The van der Waals surface area contributed by atoms with Crippen molar-refractivity contribution in [1.29, 1.82) is 0 Å². The third kappa shape index (κ3) is 0.659. The Labute approximate surface area is 70.3 Å². The van der Waals surface area contributed by atoms with Crippen molar-refractivity contribution >= 4 is 0 Å². The Hall–Kier alpha value is -0.900. The molecular weight excluding hydrogens is 154 g/mol. The lowest BCUT2D eigenvalue weighted by atomic mass is 9.73. The lowest BCUT2D eigenvalue weighted by Crippen LogP contribution is -2.40. The van der Waals surface area contributed by atoms with Gasteiger partial charge in [-0.15, -0.1) is 0 Å². The van der Waals surface area contributed by atoms with Gasteiger partial charge in [0.2, 0.25) is 5.89 Å². The Morgan fingerprint density at radius 1 is 1.58 bits per heavy atom. The summed E-state index contributed by atoms with van der Waals surface area (Å²) < 4.78 is 5.17. The molecule has 2 aliphatic heterocycles. The van der Waals surface area contributed by atoms with E-state index >= 15 is 0 Å². The third-order valence-electron chi connectivity index (χ3n) is 2.94. The van der Waals surface area contributed by atoms with Crippen molar-refractivity contribution < 1.29 is 4.52 Å². The minimum absolute atomic E-state index is 0.0614. The molecule has 4 rings (SSSR count). The molecule has 12 heavy (non-hydrogen) atoms. The fraction of sp³-hybridized carbons (Fsp3) is 0.750. The molecule has 0 spiro atoms. The van der Waals surface area contributed by atoms with Gasteiger partial charge in [0.1, 0.15) is 0 Å². The van der Waals surface area contributed by atoms with Crippen LogP contribution in [0.3, 0.4) is 0 Å². The third-order valence-corrected chi connectivity index (χ3v) is 2.94. The number of aryl methyl sites for hydroxylation is 1. The van der Waals surface area contributed by atoms with Crippen molar-refractivity contribution in [2.45, 2.75) is 25.3 Å². The van der Waals surface area contributed by atoms with E-state index in [0.717, 1.165) is 24.2 Å². The van der Waals surface area contributed by atoms with Gasteiger partial charge in [0.15, 0.2) is 5.82 Å². The molecule has 1 aliphatic carbocycles. The summed E-state index contributed by atoms with van der Waals surface area (Å²) in [5.41, 5.74) is 0.0614. The highest BCUT2D eigenvalue weighted by molar-refractivity contribution is 5.16. The Morgan fingerprint density at radius 3 is 2.92 bits per heavy atom. The van der Waals surface area contributed by atoms with Crippen LogP contribution < -0.4 is 5.32 Å². The van der Waals surface area contributed by atoms with E-state index < -0.39 is 0 Å². The van der Waals surface area contributed by atoms with Crippen LogP contribution in [0.2, 0.25) is 0 Å². The zero-order valence-corrected chi connectivity index (χ0v) is 7.00. The van der Waals surface area contributed by atoms with E-state index in [9.17, 15) is 0 Å². The fourth-order valence-electron chi connectivity index (χ4n) is 2.30. The maximum atomic E-state index is 5.17. The Morgan fingerprint density at radius 2 is 2.42 bits per heavy atom. The number of rotatable bonds is 1. The summed E-state index contributed by atoms with van der Waals surface area (Å²) in [6.07, 6.45) is 2.35. The molecule has 1 aromatic heterocycles. The zero-order valence-electron chi connectivity index (χ0n) is 7.00. The summed E-state index contributed by atoms with van der Waals surface area (Å²) in [5, 5.41) is 7.25. The first-order valence-corrected chi connectivity index (χ1v) is 4.34. The van der Waals surface area contributed by atoms with Gasteiger partial charge in [0.05, 0.1) is 5.54 Å². The van der Waals surface area contributed by atoms with Gasteiger partial charge >= 0.3 is 0 Å². The van der Waals surface area contributed by atoms with Gasteiger partial charge in [-0.3, -0.25) is 0 Å². The molecule has 2 saturated heterocycles. The van der Waals surface area contributed by atoms with Crippen molar-refractivity contribution in [3.63, 3.8) is 0 Å². The predicted molar refractivity (Wildman–Crippen MR) is 41.4 cm³/mol. The average Bonchev–Trinajstić information content (AvgIpc) is 2.55. The van der Waals surface area contributed by atoms with Gasteiger partial charge in [-0.25, -0.2) is 0 Å². The highest BCUT2D eigenvalue weighted by atomic mass is 16.5. The van der Waals surface area contributed by atoms with Crippen LogP contribution in [0, 0.1) is 12.8 Å². The fourth-order valence-corrected chi connectivity index (χ4v) is 2.30. The largest absolute Gasteiger partial charge is 0.337 e. The van der Waals surface area contributed by atoms with Gasteiger partial charge < -0.3 is 9.84 Å². The van der Waals surface area contributed by atoms with E-state index in [-0.39, 0.29) is 5.54 Å². The second-order valence-corrected chi connectivity index (χ2v) is 3.88. The number of hydrogen-bond donors (Lipinski definition) is 1. The minimum Gasteiger partial charge on any atom is -0.337 e. The lowest BCUT2D eigenvalue weighted by Gasteiger charge is -2.33. The molecule has 3 aliphatic rings. The molecule has 0 aromatic carbocycles. The average molecular weight is 165 g/mol. The molecular formula is C8H11N3O. The van der Waals surface area contributed by atoms with E-state index in [1.165, 1.54) is 12.8 Å². The summed E-state index contributed by atoms with van der Waals surface area (Å²) in [6, 6.07) is 0. The van der Waals surface area contributed by atoms with E-state index in [1.807, 2.05) is 6.92 Å². The highest BCUT2D eigenvalue weighted by Crippen LogP contribution is 2.49. The van der Waals surface area contributed by atoms with Crippen molar-refractivity contribution in [3.8, 4) is 0 Å². The first kappa shape index (κ1) is 6.60. The molecule has 4 nitrogen and oxygen atoms in total. The molecule has 0 atom stereocenters. The van der Waals surface area contributed by atoms with Crippen LogP contribution >= 0.6 is 0 Å². The van der Waals surface area contributed by atoms with Crippen LogP contribution in [-0.2, 0) is 5.54 Å². The van der Waals surface area contributed by atoms with Crippen LogP contribution in [0.4, 0.5) is 0 Å². The molecule has 1 aromatic rings. The number of nitrogens with zero attached hydrogens (tertiary/aromatic N) is 2. The smallest absolute Gasteiger partial charge is 0.246 e. The maximum Gasteiger partial charge on any atom is 0.246 e. The molecule has 0 radical (unpaired) electrons. The SMILES string of the molecule is Cc1noc(C23CC(CN2)C3)n1. The summed E-state index contributed by atoms with van der Waals surface area (Å²) in [7, 11) is 0. The van der Waals surface area contributed by atoms with Gasteiger partial charge in [-0.1, -0.05) is 5.16 Å². The molecule has 2 bridgehead atoms. The van der Waals surface area contributed by atoms with E-state index in [0.29, 0.717) is 0 Å². The molecule has 3 heterocycles. The topological polar surface area (TPSA) is 51.0 Å². The second kappa shape index (κ2) is 1.88. The monoisotopic (exact) mass is 165 g/mol. The number of nitrogens with one attached hydrogen (secondary N) is 1. The summed E-state index contributed by atoms with van der Waals surface area (Å²) in [4.78, 5) is 4.26. The molecule has 64 valence electrons.